The molecule has 9 aromatic carbocycles. The minimum atomic E-state index is -2.40. The van der Waals surface area contributed by atoms with Gasteiger partial charge in [0, 0.05) is 47.3 Å². The first kappa shape index (κ1) is 53.1. The van der Waals surface area contributed by atoms with Crippen molar-refractivity contribution in [2.75, 3.05) is 0 Å². The van der Waals surface area contributed by atoms with Crippen LogP contribution in [0.4, 0.5) is 4.39 Å². The monoisotopic (exact) mass is 1260 g/mol. The molecule has 0 amide bonds. The van der Waals surface area contributed by atoms with Gasteiger partial charge in [0.2, 0.25) is 0 Å². The van der Waals surface area contributed by atoms with Crippen LogP contribution >= 0.6 is 0 Å². The number of nitrogens with zero attached hydrogens (tertiary/aromatic N) is 3. The van der Waals surface area contributed by atoms with Crippen molar-refractivity contribution in [1.82, 2.24) is 14.5 Å². The summed E-state index contributed by atoms with van der Waals surface area (Å²) in [4.78, 5) is 9.76. The number of halogens is 1. The van der Waals surface area contributed by atoms with Gasteiger partial charge in [-0.25, -0.2) is 0 Å². The predicted octanol–water partition coefficient (Wildman–Crippen LogP) is 20.4. The van der Waals surface area contributed by atoms with Gasteiger partial charge < -0.3 is 14.0 Å². The fraction of sp³-hybridized carbons (Fsp3) is 0.243. The molecule has 12 aromatic rings. The second kappa shape index (κ2) is 21.9. The molecular formula is C74H72FIrN3OSi-2. The molecule has 0 saturated carbocycles. The van der Waals surface area contributed by atoms with Crippen molar-refractivity contribution in [2.24, 2.45) is 0 Å². The van der Waals surface area contributed by atoms with Crippen molar-refractivity contribution < 1.29 is 33.0 Å². The normalized spacial score (nSPS) is 13.0. The van der Waals surface area contributed by atoms with E-state index in [2.05, 4.69) is 226 Å². The second-order valence-electron chi connectivity index (χ2n) is 25.3. The number of imidazole rings is 1. The van der Waals surface area contributed by atoms with Crippen molar-refractivity contribution >= 4 is 67.8 Å². The average Bonchev–Trinajstić information content (AvgIpc) is 2.47. The maximum Gasteiger partial charge on any atom is 0.121 e. The summed E-state index contributed by atoms with van der Waals surface area (Å²) in [5.74, 6) is 0.471. The van der Waals surface area contributed by atoms with E-state index in [0.29, 0.717) is 28.0 Å². The van der Waals surface area contributed by atoms with Gasteiger partial charge in [0.1, 0.15) is 5.58 Å². The summed E-state index contributed by atoms with van der Waals surface area (Å²) >= 11 is 0. The third-order valence-electron chi connectivity index (χ3n) is 15.7. The topological polar surface area (TPSA) is 43.9 Å². The first-order valence-electron chi connectivity index (χ1n) is 29.5. The van der Waals surface area contributed by atoms with Gasteiger partial charge in [-0.3, -0.25) is 9.37 Å². The van der Waals surface area contributed by atoms with Crippen LogP contribution in [0.1, 0.15) is 113 Å². The van der Waals surface area contributed by atoms with E-state index < -0.39 is 14.9 Å². The molecule has 0 aliphatic carbocycles. The molecule has 3 heterocycles. The zero-order chi connectivity index (χ0) is 59.1. The summed E-state index contributed by atoms with van der Waals surface area (Å²) in [6.07, 6.45) is 1.93. The van der Waals surface area contributed by atoms with E-state index in [9.17, 15) is 4.39 Å². The van der Waals surface area contributed by atoms with E-state index in [1.807, 2.05) is 24.4 Å². The second-order valence-corrected chi connectivity index (χ2v) is 30.4. The summed E-state index contributed by atoms with van der Waals surface area (Å²) in [6.45, 7) is 27.0. The molecule has 0 atom stereocenters. The fourth-order valence-corrected chi connectivity index (χ4v) is 12.0. The van der Waals surface area contributed by atoms with Gasteiger partial charge in [0.15, 0.2) is 0 Å². The smallest absolute Gasteiger partial charge is 0.121 e. The Kier molecular flexibility index (Phi) is 14.3. The molecule has 81 heavy (non-hydrogen) atoms. The summed E-state index contributed by atoms with van der Waals surface area (Å²) in [5.41, 5.74) is 15.7. The summed E-state index contributed by atoms with van der Waals surface area (Å²) in [7, 11) is -1.30. The number of aryl methyl sites for hydroxylation is 1. The van der Waals surface area contributed by atoms with Crippen LogP contribution in [0.15, 0.2) is 174 Å². The van der Waals surface area contributed by atoms with Gasteiger partial charge in [-0.2, -0.15) is 0 Å². The van der Waals surface area contributed by atoms with Gasteiger partial charge in [-0.15, -0.1) is 48.0 Å². The van der Waals surface area contributed by atoms with Crippen molar-refractivity contribution in [1.29, 1.82) is 0 Å². The summed E-state index contributed by atoms with van der Waals surface area (Å²) < 4.78 is 48.2. The van der Waals surface area contributed by atoms with Crippen molar-refractivity contribution in [2.45, 2.75) is 118 Å². The molecule has 0 aliphatic heterocycles. The molecule has 0 unspecified atom stereocenters. The number of aromatic nitrogens is 3. The quantitative estimate of drug-likeness (QED) is 0.0865. The van der Waals surface area contributed by atoms with E-state index in [0.717, 1.165) is 66.3 Å². The van der Waals surface area contributed by atoms with Crippen LogP contribution in [-0.2, 0) is 30.9 Å². The minimum absolute atomic E-state index is 0. The standard InChI is InChI=1S/C60H57N2O.C14H15FNSi.Ir/c1-35(2)49-31-43(39-24-22-38(23-25-39)42-28-44(59(6,7)8)33-45(29-42)60(9,10)11)32-50(36(3)4)56(49)62-55-37(5)16-14-21-53(55)61-58(62)48-20-15-19-47-52-30-41-27-26-40-17-12-13-18-46(40)51(41)34-54(52)63-57(47)48;1-17(2,3)13-8-9-14(16-10-13)11-4-6-12(15)7-5-11;/h12-19,21-36H,1-11H3;4,6-10H,1-3H3;/q2*-1;/i5D3;;. The zero-order valence-corrected chi connectivity index (χ0v) is 52.2. The van der Waals surface area contributed by atoms with Crippen LogP contribution in [0.3, 0.4) is 0 Å². The Morgan fingerprint density at radius 2 is 1.27 bits per heavy atom. The fourth-order valence-electron chi connectivity index (χ4n) is 11.0. The van der Waals surface area contributed by atoms with Gasteiger partial charge in [0.05, 0.1) is 30.5 Å². The van der Waals surface area contributed by atoms with Crippen LogP contribution in [0.25, 0.3) is 105 Å². The number of hydrogen-bond acceptors (Lipinski definition) is 3. The Balaban J connectivity index is 0.000000375. The van der Waals surface area contributed by atoms with E-state index in [4.69, 9.17) is 13.5 Å². The molecule has 0 spiro atoms. The number of para-hydroxylation sites is 1. The zero-order valence-electron chi connectivity index (χ0n) is 51.8. The van der Waals surface area contributed by atoms with Crippen molar-refractivity contribution in [3.05, 3.63) is 216 Å². The van der Waals surface area contributed by atoms with E-state index in [1.165, 1.54) is 50.3 Å². The van der Waals surface area contributed by atoms with Gasteiger partial charge in [-0.05, 0) is 142 Å². The molecule has 0 bridgehead atoms. The Morgan fingerprint density at radius 1 is 0.617 bits per heavy atom. The number of fused-ring (bicyclic) bond motifs is 7. The Bertz CT molecular complexity index is 4360. The van der Waals surface area contributed by atoms with Gasteiger partial charge >= 0.3 is 0 Å². The van der Waals surface area contributed by atoms with Crippen LogP contribution < -0.4 is 5.19 Å². The maximum atomic E-state index is 12.8. The molecule has 0 aliphatic rings. The van der Waals surface area contributed by atoms with E-state index >= 15 is 0 Å². The van der Waals surface area contributed by atoms with Crippen LogP contribution in [0.2, 0.25) is 19.6 Å². The van der Waals surface area contributed by atoms with Crippen molar-refractivity contribution in [3.8, 4) is 50.6 Å². The first-order valence-corrected chi connectivity index (χ1v) is 31.5. The maximum absolute atomic E-state index is 12.8. The number of rotatable bonds is 8. The largest absolute Gasteiger partial charge is 0.501 e. The first-order chi connectivity index (χ1) is 39.2. The Hall–Kier alpha value is -7.28. The minimum Gasteiger partial charge on any atom is -0.501 e. The molecule has 3 aromatic heterocycles. The molecule has 4 nitrogen and oxygen atoms in total. The van der Waals surface area contributed by atoms with E-state index in [1.54, 1.807) is 18.2 Å². The van der Waals surface area contributed by atoms with Gasteiger partial charge in [-0.1, -0.05) is 203 Å². The predicted molar refractivity (Wildman–Crippen MR) is 340 cm³/mol. The molecular weight excluding hydrogens is 1190 g/mol. The molecule has 0 fully saturated rings. The average molecular weight is 1260 g/mol. The van der Waals surface area contributed by atoms with Crippen LogP contribution in [0.5, 0.6) is 0 Å². The van der Waals surface area contributed by atoms with Crippen LogP contribution in [0, 0.1) is 24.8 Å². The third kappa shape index (κ3) is 11.1. The number of furan rings is 1. The van der Waals surface area contributed by atoms with E-state index in [-0.39, 0.29) is 54.2 Å². The SMILES string of the molecule is C[Si](C)(C)c1ccc(-c2[c-]cc(F)cc2)nc1.[2H]C([2H])([2H])c1cccc2nc(-c3[c-]ccc4c3oc3cc5c(ccc6ccccc65)cc34)n(-c3c(C(C)C)cc(-c4ccc(-c5cc(C(C)(C)C)cc(C(C)(C)C)c5)cc4)cc3C(C)C)c12.[Ir]. The number of pyridine rings is 1. The van der Waals surface area contributed by atoms with Gasteiger partial charge in [0.25, 0.3) is 0 Å². The molecule has 12 rings (SSSR count). The summed E-state index contributed by atoms with van der Waals surface area (Å²) in [6, 6.07) is 62.2. The molecule has 0 N–H and O–H groups in total. The Labute approximate surface area is 497 Å². The van der Waals surface area contributed by atoms with Crippen LogP contribution in [-0.4, -0.2) is 22.6 Å². The number of benzene rings is 9. The molecule has 1 radical (unpaired) electrons. The molecule has 0 saturated heterocycles. The number of hydrogen-bond donors (Lipinski definition) is 0. The molecule has 411 valence electrons. The van der Waals surface area contributed by atoms with Crippen molar-refractivity contribution in [3.63, 3.8) is 0 Å². The Morgan fingerprint density at radius 3 is 1.86 bits per heavy atom. The summed E-state index contributed by atoms with van der Waals surface area (Å²) in [5, 5.41) is 7.89. The molecule has 7 heteroatoms. The third-order valence-corrected chi connectivity index (χ3v) is 17.8.